The van der Waals surface area contributed by atoms with Gasteiger partial charge in [0.05, 0.1) is 26.0 Å². The third kappa shape index (κ3) is 5.22. The van der Waals surface area contributed by atoms with Crippen molar-refractivity contribution in [2.75, 3.05) is 13.7 Å². The lowest BCUT2D eigenvalue weighted by molar-refractivity contribution is 0.0997. The second-order valence-electron chi connectivity index (χ2n) is 6.40. The van der Waals surface area contributed by atoms with Gasteiger partial charge in [-0.2, -0.15) is 0 Å². The molecule has 0 aliphatic heterocycles. The van der Waals surface area contributed by atoms with Crippen molar-refractivity contribution in [1.29, 1.82) is 0 Å². The molecule has 4 heteroatoms. The maximum atomic E-state index is 10.6. The Kier molecular flexibility index (Phi) is 6.47. The monoisotopic (exact) mass is 351 g/mol. The van der Waals surface area contributed by atoms with Crippen molar-refractivity contribution in [3.63, 3.8) is 0 Å². The molecule has 0 bridgehead atoms. The summed E-state index contributed by atoms with van der Waals surface area (Å²) in [4.78, 5) is 2.18. The first-order valence-electron chi connectivity index (χ1n) is 8.83. The quantitative estimate of drug-likeness (QED) is 0.635. The highest BCUT2D eigenvalue weighted by molar-refractivity contribution is 5.33. The average molecular weight is 351 g/mol. The van der Waals surface area contributed by atoms with E-state index >= 15 is 0 Å². The molecular formula is C22H25NO3. The fourth-order valence-electron chi connectivity index (χ4n) is 3.13. The van der Waals surface area contributed by atoms with Crippen molar-refractivity contribution in [3.05, 3.63) is 89.9 Å². The minimum Gasteiger partial charge on any atom is -0.496 e. The molecule has 0 fully saturated rings. The number of benzene rings is 2. The van der Waals surface area contributed by atoms with Crippen LogP contribution < -0.4 is 4.74 Å². The highest BCUT2D eigenvalue weighted by Gasteiger charge is 2.16. The van der Waals surface area contributed by atoms with Gasteiger partial charge >= 0.3 is 0 Å². The molecule has 1 atom stereocenters. The van der Waals surface area contributed by atoms with Crippen LogP contribution in [0.1, 0.15) is 16.9 Å². The predicted octanol–water partition coefficient (Wildman–Crippen LogP) is 3.89. The van der Waals surface area contributed by atoms with Gasteiger partial charge < -0.3 is 14.3 Å². The number of hydrogen-bond donors (Lipinski definition) is 1. The van der Waals surface area contributed by atoms with Gasteiger partial charge in [-0.15, -0.1) is 0 Å². The van der Waals surface area contributed by atoms with Crippen LogP contribution in [-0.2, 0) is 19.5 Å². The number of aliphatic hydroxyl groups excluding tert-OH is 1. The molecule has 3 aromatic rings. The molecule has 0 radical (unpaired) electrons. The minimum atomic E-state index is -0.456. The van der Waals surface area contributed by atoms with Gasteiger partial charge in [-0.25, -0.2) is 0 Å². The summed E-state index contributed by atoms with van der Waals surface area (Å²) in [6.45, 7) is 1.86. The average Bonchev–Trinajstić information content (AvgIpc) is 3.16. The number of furan rings is 1. The smallest absolute Gasteiger partial charge is 0.123 e. The zero-order valence-corrected chi connectivity index (χ0v) is 15.0. The number of rotatable bonds is 9. The predicted molar refractivity (Wildman–Crippen MR) is 102 cm³/mol. The molecule has 1 heterocycles. The molecule has 4 nitrogen and oxygen atoms in total. The minimum absolute atomic E-state index is 0.456. The van der Waals surface area contributed by atoms with Gasteiger partial charge in [0.1, 0.15) is 11.5 Å². The van der Waals surface area contributed by atoms with Gasteiger partial charge in [0.25, 0.3) is 0 Å². The first kappa shape index (κ1) is 18.2. The van der Waals surface area contributed by atoms with Crippen LogP contribution in [0.5, 0.6) is 5.75 Å². The molecular weight excluding hydrogens is 326 g/mol. The van der Waals surface area contributed by atoms with Gasteiger partial charge in [-0.05, 0) is 30.2 Å². The maximum Gasteiger partial charge on any atom is 0.123 e. The van der Waals surface area contributed by atoms with Gasteiger partial charge in [0.2, 0.25) is 0 Å². The summed E-state index contributed by atoms with van der Waals surface area (Å²) in [6, 6.07) is 21.9. The number of methoxy groups -OCH3 is 1. The molecule has 2 aromatic carbocycles. The van der Waals surface area contributed by atoms with Crippen molar-refractivity contribution in [1.82, 2.24) is 4.90 Å². The molecule has 3 rings (SSSR count). The Hall–Kier alpha value is -2.56. The summed E-state index contributed by atoms with van der Waals surface area (Å²) in [6.07, 6.45) is 1.85. The second kappa shape index (κ2) is 9.22. The van der Waals surface area contributed by atoms with Crippen LogP contribution in [0.25, 0.3) is 0 Å². The molecule has 0 spiro atoms. The molecule has 26 heavy (non-hydrogen) atoms. The molecule has 1 N–H and O–H groups in total. The first-order chi connectivity index (χ1) is 12.7. The number of para-hydroxylation sites is 1. The third-order valence-corrected chi connectivity index (χ3v) is 4.33. The van der Waals surface area contributed by atoms with E-state index in [-0.39, 0.29) is 0 Å². The Morgan fingerprint density at radius 1 is 0.962 bits per heavy atom. The van der Waals surface area contributed by atoms with Crippen molar-refractivity contribution in [3.8, 4) is 5.75 Å². The molecule has 1 aromatic heterocycles. The van der Waals surface area contributed by atoms with E-state index in [4.69, 9.17) is 9.15 Å². The van der Waals surface area contributed by atoms with Crippen LogP contribution in [0.3, 0.4) is 0 Å². The van der Waals surface area contributed by atoms with E-state index in [2.05, 4.69) is 11.0 Å². The van der Waals surface area contributed by atoms with E-state index in [1.165, 1.54) is 0 Å². The number of nitrogens with zero attached hydrogens (tertiary/aromatic N) is 1. The molecule has 0 saturated heterocycles. The lowest BCUT2D eigenvalue weighted by Gasteiger charge is -2.25. The normalized spacial score (nSPS) is 12.3. The summed E-state index contributed by atoms with van der Waals surface area (Å²) in [5.41, 5.74) is 2.23. The van der Waals surface area contributed by atoms with Gasteiger partial charge in [0, 0.05) is 18.7 Å². The van der Waals surface area contributed by atoms with E-state index in [0.717, 1.165) is 22.6 Å². The fourth-order valence-corrected chi connectivity index (χ4v) is 3.13. The van der Waals surface area contributed by atoms with E-state index in [9.17, 15) is 5.11 Å². The van der Waals surface area contributed by atoms with E-state index < -0.39 is 6.10 Å². The van der Waals surface area contributed by atoms with E-state index in [1.54, 1.807) is 13.4 Å². The molecule has 0 aliphatic carbocycles. The van der Waals surface area contributed by atoms with Crippen LogP contribution in [0, 0.1) is 0 Å². The maximum absolute atomic E-state index is 10.6. The van der Waals surface area contributed by atoms with Gasteiger partial charge in [-0.1, -0.05) is 48.5 Å². The molecule has 0 amide bonds. The molecule has 0 saturated carbocycles. The molecule has 1 unspecified atom stereocenters. The van der Waals surface area contributed by atoms with E-state index in [1.807, 2.05) is 60.7 Å². The number of ether oxygens (including phenoxy) is 1. The van der Waals surface area contributed by atoms with Crippen LogP contribution in [0.2, 0.25) is 0 Å². The lowest BCUT2D eigenvalue weighted by atomic mass is 10.1. The van der Waals surface area contributed by atoms with Gasteiger partial charge in [-0.3, -0.25) is 4.90 Å². The Morgan fingerprint density at radius 3 is 2.46 bits per heavy atom. The lowest BCUT2D eigenvalue weighted by Crippen LogP contribution is -2.33. The second-order valence-corrected chi connectivity index (χ2v) is 6.40. The molecule has 0 aliphatic rings. The summed E-state index contributed by atoms with van der Waals surface area (Å²) >= 11 is 0. The zero-order valence-electron chi connectivity index (χ0n) is 15.0. The fraction of sp³-hybridized carbons (Fsp3) is 0.273. The standard InChI is InChI=1S/C22H25NO3/c1-25-22-12-6-5-10-19(22)15-23(17-21-11-7-13-26-21)16-20(24)14-18-8-3-2-4-9-18/h2-13,20,24H,14-17H2,1H3. The Balaban J connectivity index is 1.70. The summed E-state index contributed by atoms with van der Waals surface area (Å²) in [7, 11) is 1.68. The van der Waals surface area contributed by atoms with Crippen LogP contribution in [-0.4, -0.2) is 29.8 Å². The summed E-state index contributed by atoms with van der Waals surface area (Å²) in [5.74, 6) is 1.74. The topological polar surface area (TPSA) is 45.8 Å². The first-order valence-corrected chi connectivity index (χ1v) is 8.83. The van der Waals surface area contributed by atoms with E-state index in [0.29, 0.717) is 26.1 Å². The Bertz CT molecular complexity index is 771. The summed E-state index contributed by atoms with van der Waals surface area (Å²) in [5, 5.41) is 10.6. The highest BCUT2D eigenvalue weighted by Crippen LogP contribution is 2.21. The van der Waals surface area contributed by atoms with Crippen molar-refractivity contribution in [2.24, 2.45) is 0 Å². The SMILES string of the molecule is COc1ccccc1CN(Cc1ccco1)CC(O)Cc1ccccc1. The van der Waals surface area contributed by atoms with Gasteiger partial charge in [0.15, 0.2) is 0 Å². The highest BCUT2D eigenvalue weighted by atomic mass is 16.5. The summed E-state index contributed by atoms with van der Waals surface area (Å²) < 4.78 is 11.0. The Morgan fingerprint density at radius 2 is 1.73 bits per heavy atom. The Labute approximate surface area is 154 Å². The van der Waals surface area contributed by atoms with Crippen molar-refractivity contribution in [2.45, 2.75) is 25.6 Å². The third-order valence-electron chi connectivity index (χ3n) is 4.33. The number of aliphatic hydroxyl groups is 1. The molecule has 136 valence electrons. The van der Waals surface area contributed by atoms with Crippen LogP contribution in [0.4, 0.5) is 0 Å². The largest absolute Gasteiger partial charge is 0.496 e. The van der Waals surface area contributed by atoms with Crippen molar-refractivity contribution < 1.29 is 14.3 Å². The van der Waals surface area contributed by atoms with Crippen molar-refractivity contribution >= 4 is 0 Å². The van der Waals surface area contributed by atoms with Crippen LogP contribution in [0.15, 0.2) is 77.4 Å². The van der Waals surface area contributed by atoms with Crippen LogP contribution >= 0.6 is 0 Å². The zero-order chi connectivity index (χ0) is 18.2. The number of hydrogen-bond acceptors (Lipinski definition) is 4.